The Hall–Kier alpha value is -2.13. The highest BCUT2D eigenvalue weighted by atomic mass is 19.4. The number of alkyl halides is 5. The molecule has 1 aromatic rings. The van der Waals surface area contributed by atoms with E-state index in [1.54, 1.807) is 0 Å². The molecule has 0 unspecified atom stereocenters. The third-order valence-electron chi connectivity index (χ3n) is 1.88. The number of pyridine rings is 1. The van der Waals surface area contributed by atoms with Gasteiger partial charge in [0.15, 0.2) is 11.5 Å². The largest absolute Gasteiger partial charge is 0.573 e. The zero-order valence-corrected chi connectivity index (χ0v) is 9.16. The van der Waals surface area contributed by atoms with Crippen molar-refractivity contribution in [1.82, 2.24) is 4.98 Å². The maximum Gasteiger partial charge on any atom is 0.573 e. The standard InChI is InChI=1S/C9H6F5NO4/c1-18-6-3(19-9(12,13)14)2-15-5(7(10)11)4(6)8(16)17/h2,7H,1H3,(H,16,17). The molecule has 0 spiro atoms. The summed E-state index contributed by atoms with van der Waals surface area (Å²) in [7, 11) is 0.820. The van der Waals surface area contributed by atoms with Crippen molar-refractivity contribution in [3.63, 3.8) is 0 Å². The molecule has 0 fully saturated rings. The lowest BCUT2D eigenvalue weighted by Crippen LogP contribution is -2.19. The van der Waals surface area contributed by atoms with E-state index in [9.17, 15) is 26.7 Å². The summed E-state index contributed by atoms with van der Waals surface area (Å²) < 4.78 is 69.1. The Morgan fingerprint density at radius 1 is 1.42 bits per heavy atom. The Kier molecular flexibility index (Phi) is 4.12. The summed E-state index contributed by atoms with van der Waals surface area (Å²) in [6.07, 6.45) is -8.11. The number of halogens is 5. The molecule has 0 saturated carbocycles. The maximum absolute atomic E-state index is 12.5. The molecule has 1 heterocycles. The van der Waals surface area contributed by atoms with Crippen LogP contribution in [0.5, 0.6) is 11.5 Å². The molecule has 0 aliphatic rings. The Morgan fingerprint density at radius 3 is 2.37 bits per heavy atom. The number of rotatable bonds is 4. The number of aromatic nitrogens is 1. The van der Waals surface area contributed by atoms with Crippen molar-refractivity contribution >= 4 is 5.97 Å². The van der Waals surface area contributed by atoms with Gasteiger partial charge >= 0.3 is 12.3 Å². The highest BCUT2D eigenvalue weighted by Crippen LogP contribution is 2.38. The third-order valence-corrected chi connectivity index (χ3v) is 1.88. The first-order valence-corrected chi connectivity index (χ1v) is 4.51. The Morgan fingerprint density at radius 2 is 2.00 bits per heavy atom. The lowest BCUT2D eigenvalue weighted by atomic mass is 10.1. The zero-order valence-electron chi connectivity index (χ0n) is 9.16. The summed E-state index contributed by atoms with van der Waals surface area (Å²) in [4.78, 5) is 13.8. The average Bonchev–Trinajstić information content (AvgIpc) is 2.25. The molecule has 0 bridgehead atoms. The van der Waals surface area contributed by atoms with E-state index in [1.807, 2.05) is 0 Å². The van der Waals surface area contributed by atoms with Crippen LogP contribution >= 0.6 is 0 Å². The number of nitrogens with zero attached hydrogens (tertiary/aromatic N) is 1. The van der Waals surface area contributed by atoms with Gasteiger partial charge in [-0.2, -0.15) is 0 Å². The van der Waals surface area contributed by atoms with Gasteiger partial charge in [-0.15, -0.1) is 13.2 Å². The number of methoxy groups -OCH3 is 1. The van der Waals surface area contributed by atoms with Crippen LogP contribution in [0.1, 0.15) is 22.5 Å². The molecular weight excluding hydrogens is 281 g/mol. The Labute approximate surface area is 102 Å². The molecule has 0 radical (unpaired) electrons. The van der Waals surface area contributed by atoms with Crippen molar-refractivity contribution in [2.45, 2.75) is 12.8 Å². The van der Waals surface area contributed by atoms with Crippen molar-refractivity contribution in [3.05, 3.63) is 17.5 Å². The van der Waals surface area contributed by atoms with Gasteiger partial charge in [0.2, 0.25) is 0 Å². The quantitative estimate of drug-likeness (QED) is 0.862. The average molecular weight is 287 g/mol. The molecule has 0 atom stereocenters. The van der Waals surface area contributed by atoms with Crippen LogP contribution in [-0.2, 0) is 0 Å². The van der Waals surface area contributed by atoms with E-state index < -0.39 is 41.5 Å². The van der Waals surface area contributed by atoms with Gasteiger partial charge in [0.05, 0.1) is 13.3 Å². The second-order valence-electron chi connectivity index (χ2n) is 3.07. The van der Waals surface area contributed by atoms with Crippen molar-refractivity contribution < 1.29 is 41.3 Å². The smallest absolute Gasteiger partial charge is 0.492 e. The summed E-state index contributed by atoms with van der Waals surface area (Å²) in [5, 5.41) is 8.76. The molecule has 5 nitrogen and oxygen atoms in total. The molecule has 10 heteroatoms. The summed E-state index contributed by atoms with van der Waals surface area (Å²) in [5.41, 5.74) is -2.39. The van der Waals surface area contributed by atoms with Crippen molar-refractivity contribution in [3.8, 4) is 11.5 Å². The van der Waals surface area contributed by atoms with Crippen LogP contribution in [0.25, 0.3) is 0 Å². The number of aromatic carboxylic acids is 1. The SMILES string of the molecule is COc1c(OC(F)(F)F)cnc(C(F)F)c1C(=O)O. The number of carboxylic acids is 1. The van der Waals surface area contributed by atoms with Crippen LogP contribution in [0.4, 0.5) is 22.0 Å². The molecule has 0 amide bonds. The molecule has 19 heavy (non-hydrogen) atoms. The molecule has 1 N–H and O–H groups in total. The monoisotopic (exact) mass is 287 g/mol. The highest BCUT2D eigenvalue weighted by molar-refractivity contribution is 5.93. The summed E-state index contributed by atoms with van der Waals surface area (Å²) in [5.74, 6) is -4.00. The Bertz CT molecular complexity index is 488. The molecule has 0 aliphatic heterocycles. The van der Waals surface area contributed by atoms with Gasteiger partial charge in [-0.3, -0.25) is 4.98 Å². The minimum atomic E-state index is -5.14. The third kappa shape index (κ3) is 3.42. The van der Waals surface area contributed by atoms with Crippen LogP contribution < -0.4 is 9.47 Å². The number of hydrogen-bond acceptors (Lipinski definition) is 4. The second kappa shape index (κ2) is 5.24. The molecule has 1 rings (SSSR count). The summed E-state index contributed by atoms with van der Waals surface area (Å²) in [6, 6.07) is 0. The van der Waals surface area contributed by atoms with Crippen LogP contribution in [0.15, 0.2) is 6.20 Å². The summed E-state index contributed by atoms with van der Waals surface area (Å²) >= 11 is 0. The first-order chi connectivity index (χ1) is 8.67. The molecule has 1 aromatic heterocycles. The van der Waals surface area contributed by atoms with Gasteiger partial charge < -0.3 is 14.6 Å². The van der Waals surface area contributed by atoms with E-state index in [-0.39, 0.29) is 0 Å². The number of carboxylic acid groups (broad SMARTS) is 1. The van der Waals surface area contributed by atoms with Gasteiger partial charge in [0.25, 0.3) is 6.43 Å². The minimum absolute atomic E-state index is 0.320. The first kappa shape index (κ1) is 14.9. The number of carbonyl (C=O) groups is 1. The van der Waals surface area contributed by atoms with E-state index in [1.165, 1.54) is 0 Å². The maximum atomic E-state index is 12.5. The van der Waals surface area contributed by atoms with Crippen molar-refractivity contribution in [2.24, 2.45) is 0 Å². The van der Waals surface area contributed by atoms with Gasteiger partial charge in [0.1, 0.15) is 11.3 Å². The van der Waals surface area contributed by atoms with E-state index in [2.05, 4.69) is 14.5 Å². The minimum Gasteiger partial charge on any atom is -0.492 e. The van der Waals surface area contributed by atoms with E-state index in [0.29, 0.717) is 6.20 Å². The number of ether oxygens (including phenoxy) is 2. The molecule has 0 saturated heterocycles. The predicted molar refractivity (Wildman–Crippen MR) is 49.4 cm³/mol. The normalized spacial score (nSPS) is 11.5. The lowest BCUT2D eigenvalue weighted by Gasteiger charge is -2.15. The van der Waals surface area contributed by atoms with Gasteiger partial charge in [-0.1, -0.05) is 0 Å². The fourth-order valence-electron chi connectivity index (χ4n) is 1.26. The molecule has 106 valence electrons. The van der Waals surface area contributed by atoms with E-state index >= 15 is 0 Å². The van der Waals surface area contributed by atoms with Gasteiger partial charge in [0, 0.05) is 0 Å². The van der Waals surface area contributed by atoms with Crippen LogP contribution in [0, 0.1) is 0 Å². The van der Waals surface area contributed by atoms with Gasteiger partial charge in [-0.05, 0) is 0 Å². The fraction of sp³-hybridized carbons (Fsp3) is 0.333. The van der Waals surface area contributed by atoms with Crippen LogP contribution in [0.2, 0.25) is 0 Å². The van der Waals surface area contributed by atoms with Crippen LogP contribution in [0.3, 0.4) is 0 Å². The van der Waals surface area contributed by atoms with E-state index in [0.717, 1.165) is 7.11 Å². The number of hydrogen-bond donors (Lipinski definition) is 1. The van der Waals surface area contributed by atoms with Crippen molar-refractivity contribution in [2.75, 3.05) is 7.11 Å². The summed E-state index contributed by atoms with van der Waals surface area (Å²) in [6.45, 7) is 0. The van der Waals surface area contributed by atoms with Crippen LogP contribution in [-0.4, -0.2) is 29.5 Å². The van der Waals surface area contributed by atoms with Gasteiger partial charge in [-0.25, -0.2) is 13.6 Å². The predicted octanol–water partition coefficient (Wildman–Crippen LogP) is 2.62. The zero-order chi connectivity index (χ0) is 14.8. The highest BCUT2D eigenvalue weighted by Gasteiger charge is 2.35. The molecular formula is C9H6F5NO4. The Balaban J connectivity index is 3.45. The second-order valence-corrected chi connectivity index (χ2v) is 3.07. The first-order valence-electron chi connectivity index (χ1n) is 4.51. The lowest BCUT2D eigenvalue weighted by molar-refractivity contribution is -0.275. The van der Waals surface area contributed by atoms with E-state index in [4.69, 9.17) is 5.11 Å². The molecule has 0 aliphatic carbocycles. The topological polar surface area (TPSA) is 68.7 Å². The van der Waals surface area contributed by atoms with Crippen molar-refractivity contribution in [1.29, 1.82) is 0 Å². The fourth-order valence-corrected chi connectivity index (χ4v) is 1.26. The molecule has 0 aromatic carbocycles.